The van der Waals surface area contributed by atoms with Crippen molar-refractivity contribution in [3.8, 4) is 5.75 Å². The molecule has 0 heterocycles. The van der Waals surface area contributed by atoms with Crippen molar-refractivity contribution < 1.29 is 24.2 Å². The quantitative estimate of drug-likeness (QED) is 0.455. The fourth-order valence-electron chi connectivity index (χ4n) is 1.90. The third-order valence-electron chi connectivity index (χ3n) is 3.11. The smallest absolute Gasteiger partial charge is 0.354 e. The molecule has 7 heteroatoms. The summed E-state index contributed by atoms with van der Waals surface area (Å²) < 4.78 is 10.2. The Bertz CT molecular complexity index is 596. The molecule has 0 bridgehead atoms. The summed E-state index contributed by atoms with van der Waals surface area (Å²) >= 11 is 0. The standard InChI is InChI=1S/C18H26N2O5/c1-12(2)19-10-15(22)11-25-16-7-5-14(6-8-16)9-17(18(23)24-4)20-13(3)21/h5-9,12,15,19,22H,10-11H2,1-4H3,(H,20,21)/b17-9+. The van der Waals surface area contributed by atoms with Crippen molar-refractivity contribution in [3.05, 3.63) is 35.5 Å². The lowest BCUT2D eigenvalue weighted by atomic mass is 10.2. The number of aliphatic hydroxyl groups excluding tert-OH is 1. The molecule has 1 unspecified atom stereocenters. The number of esters is 1. The van der Waals surface area contributed by atoms with Crippen molar-refractivity contribution in [2.24, 2.45) is 0 Å². The maximum Gasteiger partial charge on any atom is 0.354 e. The fourth-order valence-corrected chi connectivity index (χ4v) is 1.90. The number of aliphatic hydroxyl groups is 1. The minimum atomic E-state index is -0.628. The van der Waals surface area contributed by atoms with E-state index in [1.807, 2.05) is 13.8 Å². The van der Waals surface area contributed by atoms with Gasteiger partial charge in [-0.1, -0.05) is 26.0 Å². The highest BCUT2D eigenvalue weighted by atomic mass is 16.5. The number of hydrogen-bond acceptors (Lipinski definition) is 6. The number of carbonyl (C=O) groups is 2. The number of carbonyl (C=O) groups excluding carboxylic acids is 2. The molecule has 1 aromatic carbocycles. The maximum absolute atomic E-state index is 11.6. The van der Waals surface area contributed by atoms with Crippen LogP contribution in [0.2, 0.25) is 0 Å². The number of ether oxygens (including phenoxy) is 2. The number of benzene rings is 1. The summed E-state index contributed by atoms with van der Waals surface area (Å²) in [4.78, 5) is 22.8. The highest BCUT2D eigenvalue weighted by molar-refractivity contribution is 5.97. The van der Waals surface area contributed by atoms with Crippen molar-refractivity contribution in [2.45, 2.75) is 32.9 Å². The SMILES string of the molecule is COC(=O)/C(=C\c1ccc(OCC(O)CNC(C)C)cc1)NC(C)=O. The predicted octanol–water partition coefficient (Wildman–Crippen LogP) is 1.07. The van der Waals surface area contributed by atoms with Crippen molar-refractivity contribution in [2.75, 3.05) is 20.3 Å². The molecule has 0 fully saturated rings. The van der Waals surface area contributed by atoms with Crippen LogP contribution in [0, 0.1) is 0 Å². The van der Waals surface area contributed by atoms with E-state index in [1.54, 1.807) is 24.3 Å². The van der Waals surface area contributed by atoms with E-state index in [0.29, 0.717) is 23.9 Å². The largest absolute Gasteiger partial charge is 0.491 e. The van der Waals surface area contributed by atoms with Gasteiger partial charge in [0.15, 0.2) is 0 Å². The molecule has 1 aromatic rings. The summed E-state index contributed by atoms with van der Waals surface area (Å²) in [5.74, 6) is -0.392. The molecule has 138 valence electrons. The van der Waals surface area contributed by atoms with E-state index < -0.39 is 12.1 Å². The Labute approximate surface area is 148 Å². The highest BCUT2D eigenvalue weighted by Gasteiger charge is 2.11. The Morgan fingerprint density at radius 2 is 1.88 bits per heavy atom. The van der Waals surface area contributed by atoms with Gasteiger partial charge in [-0.25, -0.2) is 4.79 Å². The molecule has 25 heavy (non-hydrogen) atoms. The minimum absolute atomic E-state index is 0.0545. The number of amides is 1. The molecule has 0 aliphatic carbocycles. The number of rotatable bonds is 9. The summed E-state index contributed by atoms with van der Waals surface area (Å²) in [7, 11) is 1.24. The molecule has 7 nitrogen and oxygen atoms in total. The molecule has 1 rings (SSSR count). The van der Waals surface area contributed by atoms with E-state index in [-0.39, 0.29) is 18.2 Å². The zero-order chi connectivity index (χ0) is 18.8. The topological polar surface area (TPSA) is 96.9 Å². The van der Waals surface area contributed by atoms with Crippen LogP contribution in [0.3, 0.4) is 0 Å². The molecule has 0 saturated carbocycles. The normalized spacial score (nSPS) is 12.6. The Kier molecular flexibility index (Phi) is 8.66. The zero-order valence-corrected chi connectivity index (χ0v) is 15.0. The molecular weight excluding hydrogens is 324 g/mol. The Balaban J connectivity index is 2.66. The number of hydrogen-bond donors (Lipinski definition) is 3. The monoisotopic (exact) mass is 350 g/mol. The average Bonchev–Trinajstić information content (AvgIpc) is 2.57. The number of nitrogens with one attached hydrogen (secondary N) is 2. The van der Waals surface area contributed by atoms with Crippen molar-refractivity contribution in [3.63, 3.8) is 0 Å². The van der Waals surface area contributed by atoms with Crippen LogP contribution in [0.25, 0.3) is 6.08 Å². The van der Waals surface area contributed by atoms with Crippen LogP contribution >= 0.6 is 0 Å². The second-order valence-corrected chi connectivity index (χ2v) is 5.83. The number of methoxy groups -OCH3 is 1. The van der Waals surface area contributed by atoms with Gasteiger partial charge < -0.3 is 25.2 Å². The molecule has 0 spiro atoms. The van der Waals surface area contributed by atoms with Gasteiger partial charge in [0.05, 0.1) is 7.11 Å². The first-order valence-electron chi connectivity index (χ1n) is 8.03. The van der Waals surface area contributed by atoms with Gasteiger partial charge in [-0.15, -0.1) is 0 Å². The minimum Gasteiger partial charge on any atom is -0.491 e. The predicted molar refractivity (Wildman–Crippen MR) is 94.9 cm³/mol. The van der Waals surface area contributed by atoms with Gasteiger partial charge in [0.2, 0.25) is 5.91 Å². The van der Waals surface area contributed by atoms with Crippen molar-refractivity contribution >= 4 is 18.0 Å². The molecule has 1 amide bonds. The molecule has 0 aliphatic heterocycles. The van der Waals surface area contributed by atoms with E-state index in [2.05, 4.69) is 15.4 Å². The summed E-state index contributed by atoms with van der Waals surface area (Å²) in [6, 6.07) is 7.21. The lowest BCUT2D eigenvalue weighted by molar-refractivity contribution is -0.137. The van der Waals surface area contributed by atoms with Gasteiger partial charge in [-0.2, -0.15) is 0 Å². The molecule has 3 N–H and O–H groups in total. The van der Waals surface area contributed by atoms with Crippen molar-refractivity contribution in [1.82, 2.24) is 10.6 Å². The second kappa shape index (κ2) is 10.5. The van der Waals surface area contributed by atoms with Crippen LogP contribution in [-0.2, 0) is 14.3 Å². The highest BCUT2D eigenvalue weighted by Crippen LogP contribution is 2.15. The lowest BCUT2D eigenvalue weighted by Crippen LogP contribution is -2.35. The summed E-state index contributed by atoms with van der Waals surface area (Å²) in [5.41, 5.74) is 0.752. The van der Waals surface area contributed by atoms with Crippen LogP contribution in [0.15, 0.2) is 30.0 Å². The molecule has 0 aliphatic rings. The van der Waals surface area contributed by atoms with E-state index in [4.69, 9.17) is 4.74 Å². The summed E-state index contributed by atoms with van der Waals surface area (Å²) in [6.45, 7) is 5.95. The van der Waals surface area contributed by atoms with Gasteiger partial charge in [0.25, 0.3) is 0 Å². The van der Waals surface area contributed by atoms with E-state index in [9.17, 15) is 14.7 Å². The average molecular weight is 350 g/mol. The van der Waals surface area contributed by atoms with Crippen LogP contribution in [0.4, 0.5) is 0 Å². The molecule has 0 radical (unpaired) electrons. The molecule has 0 aromatic heterocycles. The van der Waals surface area contributed by atoms with Gasteiger partial charge in [-0.05, 0) is 23.8 Å². The van der Waals surface area contributed by atoms with Crippen molar-refractivity contribution in [1.29, 1.82) is 0 Å². The van der Waals surface area contributed by atoms with Gasteiger partial charge in [0.1, 0.15) is 24.2 Å². The summed E-state index contributed by atoms with van der Waals surface area (Å²) in [5, 5.41) is 15.4. The Morgan fingerprint density at radius 1 is 1.24 bits per heavy atom. The van der Waals surface area contributed by atoms with Crippen LogP contribution < -0.4 is 15.4 Å². The van der Waals surface area contributed by atoms with Crippen LogP contribution in [0.5, 0.6) is 5.75 Å². The Morgan fingerprint density at radius 3 is 2.40 bits per heavy atom. The summed E-state index contributed by atoms with van der Waals surface area (Å²) in [6.07, 6.45) is 0.908. The fraction of sp³-hybridized carbons (Fsp3) is 0.444. The Hall–Kier alpha value is -2.38. The lowest BCUT2D eigenvalue weighted by Gasteiger charge is -2.15. The van der Waals surface area contributed by atoms with Gasteiger partial charge >= 0.3 is 5.97 Å². The third kappa shape index (κ3) is 8.32. The first-order valence-corrected chi connectivity index (χ1v) is 8.03. The van der Waals surface area contributed by atoms with E-state index in [1.165, 1.54) is 20.1 Å². The van der Waals surface area contributed by atoms with E-state index in [0.717, 1.165) is 0 Å². The van der Waals surface area contributed by atoms with Gasteiger partial charge in [-0.3, -0.25) is 4.79 Å². The third-order valence-corrected chi connectivity index (χ3v) is 3.11. The second-order valence-electron chi connectivity index (χ2n) is 5.83. The zero-order valence-electron chi connectivity index (χ0n) is 15.0. The van der Waals surface area contributed by atoms with Gasteiger partial charge in [0, 0.05) is 19.5 Å². The van der Waals surface area contributed by atoms with Crippen LogP contribution in [-0.4, -0.2) is 49.4 Å². The molecular formula is C18H26N2O5. The first-order chi connectivity index (χ1) is 11.8. The van der Waals surface area contributed by atoms with E-state index >= 15 is 0 Å². The van der Waals surface area contributed by atoms with Crippen LogP contribution in [0.1, 0.15) is 26.3 Å². The molecule has 0 saturated heterocycles. The maximum atomic E-state index is 11.6. The first kappa shape index (κ1) is 20.7. The molecule has 1 atom stereocenters.